The summed E-state index contributed by atoms with van der Waals surface area (Å²) in [4.78, 5) is 16.3. The van der Waals surface area contributed by atoms with E-state index in [9.17, 15) is 13.2 Å². The molecule has 140 valence electrons. The van der Waals surface area contributed by atoms with Gasteiger partial charge in [-0.15, -0.1) is 0 Å². The van der Waals surface area contributed by atoms with Gasteiger partial charge in [-0.2, -0.15) is 0 Å². The van der Waals surface area contributed by atoms with Crippen molar-refractivity contribution in [2.75, 3.05) is 31.2 Å². The Labute approximate surface area is 148 Å². The molecule has 2 aliphatic heterocycles. The third-order valence-corrected chi connectivity index (χ3v) is 6.51. The van der Waals surface area contributed by atoms with Crippen LogP contribution in [0.3, 0.4) is 0 Å². The molecule has 1 amide bonds. The standard InChI is InChI=1S/C17H26N2O5S/c1-12(2)23-9-17(20)19-7-6-18(8-14-5-4-13(3)24-14)15-10-25(21,22)11-16(15)19/h4-5,12,15-16H,6-11H2,1-3H3/t15-,16+/m0/s1. The Kier molecular flexibility index (Phi) is 5.22. The van der Waals surface area contributed by atoms with Crippen molar-refractivity contribution in [1.82, 2.24) is 9.80 Å². The number of hydrogen-bond acceptors (Lipinski definition) is 6. The Balaban J connectivity index is 1.74. The van der Waals surface area contributed by atoms with E-state index >= 15 is 0 Å². The van der Waals surface area contributed by atoms with Crippen LogP contribution >= 0.6 is 0 Å². The molecule has 0 saturated carbocycles. The molecule has 3 heterocycles. The molecule has 2 atom stereocenters. The van der Waals surface area contributed by atoms with Crippen molar-refractivity contribution >= 4 is 15.7 Å². The monoisotopic (exact) mass is 370 g/mol. The largest absolute Gasteiger partial charge is 0.465 e. The minimum atomic E-state index is -3.15. The average Bonchev–Trinajstić information content (AvgIpc) is 3.07. The number of carbonyl (C=O) groups excluding carboxylic acids is 1. The van der Waals surface area contributed by atoms with Crippen LogP contribution in [0.1, 0.15) is 25.4 Å². The van der Waals surface area contributed by atoms with E-state index < -0.39 is 9.84 Å². The summed E-state index contributed by atoms with van der Waals surface area (Å²) in [5.41, 5.74) is 0. The van der Waals surface area contributed by atoms with Crippen molar-refractivity contribution in [2.45, 2.75) is 45.5 Å². The van der Waals surface area contributed by atoms with Crippen molar-refractivity contribution < 1.29 is 22.4 Å². The van der Waals surface area contributed by atoms with Gasteiger partial charge in [0.25, 0.3) is 0 Å². The predicted molar refractivity (Wildman–Crippen MR) is 92.9 cm³/mol. The number of furan rings is 1. The number of nitrogens with zero attached hydrogens (tertiary/aromatic N) is 2. The molecule has 0 aromatic carbocycles. The van der Waals surface area contributed by atoms with Gasteiger partial charge in [0.05, 0.1) is 30.2 Å². The molecule has 8 heteroatoms. The second-order valence-corrected chi connectivity index (χ2v) is 9.30. The van der Waals surface area contributed by atoms with Crippen LogP contribution in [0.4, 0.5) is 0 Å². The molecule has 3 rings (SSSR count). The summed E-state index contributed by atoms with van der Waals surface area (Å²) in [6.45, 7) is 7.34. The molecular weight excluding hydrogens is 344 g/mol. The summed E-state index contributed by atoms with van der Waals surface area (Å²) in [5.74, 6) is 1.65. The molecule has 2 aliphatic rings. The number of rotatable bonds is 5. The smallest absolute Gasteiger partial charge is 0.248 e. The van der Waals surface area contributed by atoms with Crippen LogP contribution in [0.15, 0.2) is 16.5 Å². The van der Waals surface area contributed by atoms with Gasteiger partial charge in [0.15, 0.2) is 9.84 Å². The van der Waals surface area contributed by atoms with Gasteiger partial charge in [0.2, 0.25) is 5.91 Å². The van der Waals surface area contributed by atoms with Gasteiger partial charge in [0.1, 0.15) is 18.1 Å². The summed E-state index contributed by atoms with van der Waals surface area (Å²) in [6.07, 6.45) is -0.0319. The van der Waals surface area contributed by atoms with Gasteiger partial charge in [-0.25, -0.2) is 8.42 Å². The number of ether oxygens (including phenoxy) is 1. The maximum atomic E-state index is 12.5. The van der Waals surface area contributed by atoms with Crippen LogP contribution in [0, 0.1) is 6.92 Å². The first-order chi connectivity index (χ1) is 11.7. The van der Waals surface area contributed by atoms with Gasteiger partial charge in [0, 0.05) is 19.1 Å². The van der Waals surface area contributed by atoms with E-state index in [0.717, 1.165) is 11.5 Å². The molecule has 7 nitrogen and oxygen atoms in total. The molecular formula is C17H26N2O5S. The first-order valence-corrected chi connectivity index (χ1v) is 10.5. The predicted octanol–water partition coefficient (Wildman–Crippen LogP) is 0.823. The van der Waals surface area contributed by atoms with Gasteiger partial charge < -0.3 is 14.1 Å². The lowest BCUT2D eigenvalue weighted by Gasteiger charge is -2.43. The number of piperazine rings is 1. The molecule has 2 fully saturated rings. The van der Waals surface area contributed by atoms with E-state index in [1.54, 1.807) is 4.90 Å². The van der Waals surface area contributed by atoms with Crippen LogP contribution in [0.2, 0.25) is 0 Å². The topological polar surface area (TPSA) is 80.1 Å². The Bertz CT molecular complexity index is 727. The van der Waals surface area contributed by atoms with Crippen LogP contribution in [0.5, 0.6) is 0 Å². The third-order valence-electron chi connectivity index (χ3n) is 4.81. The maximum Gasteiger partial charge on any atom is 0.248 e. The van der Waals surface area contributed by atoms with E-state index in [0.29, 0.717) is 19.6 Å². The lowest BCUT2D eigenvalue weighted by Crippen LogP contribution is -2.60. The summed E-state index contributed by atoms with van der Waals surface area (Å²) in [7, 11) is -3.15. The first-order valence-electron chi connectivity index (χ1n) is 8.66. The van der Waals surface area contributed by atoms with Crippen molar-refractivity contribution in [2.24, 2.45) is 0 Å². The number of hydrogen-bond donors (Lipinski definition) is 0. The van der Waals surface area contributed by atoms with Crippen LogP contribution < -0.4 is 0 Å². The molecule has 2 saturated heterocycles. The number of carbonyl (C=O) groups is 1. The number of aryl methyl sites for hydroxylation is 1. The highest BCUT2D eigenvalue weighted by Gasteiger charge is 2.48. The second kappa shape index (κ2) is 7.09. The molecule has 0 spiro atoms. The highest BCUT2D eigenvalue weighted by atomic mass is 32.2. The quantitative estimate of drug-likeness (QED) is 0.764. The van der Waals surface area contributed by atoms with Gasteiger partial charge in [-0.3, -0.25) is 9.69 Å². The van der Waals surface area contributed by atoms with Crippen molar-refractivity contribution in [3.63, 3.8) is 0 Å². The normalized spacial score (nSPS) is 26.2. The number of fused-ring (bicyclic) bond motifs is 1. The fraction of sp³-hybridized carbons (Fsp3) is 0.706. The minimum absolute atomic E-state index is 0.00167. The average molecular weight is 370 g/mol. The van der Waals surface area contributed by atoms with E-state index in [2.05, 4.69) is 4.90 Å². The Morgan fingerprint density at radius 3 is 2.64 bits per heavy atom. The van der Waals surface area contributed by atoms with Gasteiger partial charge in [-0.1, -0.05) is 0 Å². The highest BCUT2D eigenvalue weighted by Crippen LogP contribution is 2.28. The molecule has 0 radical (unpaired) electrons. The zero-order valence-corrected chi connectivity index (χ0v) is 15.8. The molecule has 0 unspecified atom stereocenters. The number of amides is 1. The maximum absolute atomic E-state index is 12.5. The zero-order chi connectivity index (χ0) is 18.2. The lowest BCUT2D eigenvalue weighted by molar-refractivity contribution is -0.143. The zero-order valence-electron chi connectivity index (χ0n) is 15.0. The molecule has 0 bridgehead atoms. The lowest BCUT2D eigenvalue weighted by atomic mass is 10.0. The van der Waals surface area contributed by atoms with Crippen LogP contribution in [0.25, 0.3) is 0 Å². The summed E-state index contributed by atoms with van der Waals surface area (Å²) < 4.78 is 35.5. The molecule has 1 aromatic heterocycles. The fourth-order valence-electron chi connectivity index (χ4n) is 3.62. The first kappa shape index (κ1) is 18.4. The number of sulfone groups is 1. The van der Waals surface area contributed by atoms with Crippen LogP contribution in [-0.4, -0.2) is 73.5 Å². The Hall–Kier alpha value is -1.38. The summed E-state index contributed by atoms with van der Waals surface area (Å²) >= 11 is 0. The Morgan fingerprint density at radius 1 is 1.28 bits per heavy atom. The van der Waals surface area contributed by atoms with Crippen molar-refractivity contribution in [3.8, 4) is 0 Å². The molecule has 0 N–H and O–H groups in total. The van der Waals surface area contributed by atoms with Crippen LogP contribution in [-0.2, 0) is 25.9 Å². The van der Waals surface area contributed by atoms with E-state index in [-0.39, 0.29) is 42.2 Å². The second-order valence-electron chi connectivity index (χ2n) is 7.14. The Morgan fingerprint density at radius 2 is 2.00 bits per heavy atom. The van der Waals surface area contributed by atoms with E-state index in [4.69, 9.17) is 9.15 Å². The highest BCUT2D eigenvalue weighted by molar-refractivity contribution is 7.91. The minimum Gasteiger partial charge on any atom is -0.465 e. The fourth-order valence-corrected chi connectivity index (χ4v) is 5.63. The summed E-state index contributed by atoms with van der Waals surface area (Å²) in [5, 5.41) is 0. The third kappa shape index (κ3) is 4.24. The van der Waals surface area contributed by atoms with Gasteiger partial charge >= 0.3 is 0 Å². The SMILES string of the molecule is Cc1ccc(CN2CCN(C(=O)COC(C)C)[C@@H]3CS(=O)(=O)C[C@@H]32)o1. The van der Waals surface area contributed by atoms with Gasteiger partial charge in [-0.05, 0) is 32.9 Å². The van der Waals surface area contributed by atoms with Crippen molar-refractivity contribution in [3.05, 3.63) is 23.7 Å². The van der Waals surface area contributed by atoms with Crippen molar-refractivity contribution in [1.29, 1.82) is 0 Å². The van der Waals surface area contributed by atoms with E-state index in [1.807, 2.05) is 32.9 Å². The molecule has 0 aliphatic carbocycles. The molecule has 25 heavy (non-hydrogen) atoms. The summed E-state index contributed by atoms with van der Waals surface area (Å²) in [6, 6.07) is 3.33. The molecule has 1 aromatic rings. The van der Waals surface area contributed by atoms with E-state index in [1.165, 1.54) is 0 Å².